The second-order valence-electron chi connectivity index (χ2n) is 2.79. The summed E-state index contributed by atoms with van der Waals surface area (Å²) < 4.78 is 0. The fraction of sp³-hybridized carbons (Fsp3) is 0.300. The van der Waals surface area contributed by atoms with Crippen LogP contribution in [0.1, 0.15) is 23.8 Å². The van der Waals surface area contributed by atoms with Crippen LogP contribution in [0.25, 0.3) is 0 Å². The maximum atomic E-state index is 10.2. The Morgan fingerprint density at radius 2 is 1.93 bits per heavy atom. The normalized spacial score (nSPS) is 11.5. The van der Waals surface area contributed by atoms with Crippen molar-refractivity contribution in [3.63, 3.8) is 0 Å². The van der Waals surface area contributed by atoms with Crippen LogP contribution in [0, 0.1) is 0 Å². The molecule has 1 unspecified atom stereocenters. The predicted octanol–water partition coefficient (Wildman–Crippen LogP) is -1.50. The number of carboxylic acid groups (broad SMARTS) is 1. The molecular formula is C10H10ClNaO2. The van der Waals surface area contributed by atoms with Gasteiger partial charge in [-0.3, -0.25) is 0 Å². The maximum absolute atomic E-state index is 10.2. The van der Waals surface area contributed by atoms with Crippen LogP contribution in [-0.4, -0.2) is 5.97 Å². The summed E-state index contributed by atoms with van der Waals surface area (Å²) in [5.41, 5.74) is 0.949. The first kappa shape index (κ1) is 14.0. The van der Waals surface area contributed by atoms with Crippen molar-refractivity contribution in [2.24, 2.45) is 0 Å². The third-order valence-corrected chi connectivity index (χ3v) is 2.23. The minimum absolute atomic E-state index is 0. The van der Waals surface area contributed by atoms with Crippen molar-refractivity contribution < 1.29 is 39.5 Å². The van der Waals surface area contributed by atoms with Crippen molar-refractivity contribution in [1.82, 2.24) is 0 Å². The maximum Gasteiger partial charge on any atom is 1.00 e. The molecule has 1 aromatic carbocycles. The molecule has 14 heavy (non-hydrogen) atoms. The van der Waals surface area contributed by atoms with E-state index in [0.717, 1.165) is 5.56 Å². The topological polar surface area (TPSA) is 40.1 Å². The summed E-state index contributed by atoms with van der Waals surface area (Å²) in [5.74, 6) is -1.05. The van der Waals surface area contributed by atoms with Crippen molar-refractivity contribution in [3.05, 3.63) is 35.9 Å². The number of hydrogen-bond donors (Lipinski definition) is 0. The van der Waals surface area contributed by atoms with Gasteiger partial charge in [-0.2, -0.15) is 0 Å². The number of alkyl halides is 1. The Balaban J connectivity index is 0.00000169. The Hall–Kier alpha value is -0.0200. The van der Waals surface area contributed by atoms with Gasteiger partial charge in [-0.25, -0.2) is 0 Å². The monoisotopic (exact) mass is 220 g/mol. The Morgan fingerprint density at radius 1 is 1.36 bits per heavy atom. The Labute approximate surface area is 111 Å². The van der Waals surface area contributed by atoms with Gasteiger partial charge < -0.3 is 9.90 Å². The van der Waals surface area contributed by atoms with Gasteiger partial charge in [-0.15, -0.1) is 11.6 Å². The molecule has 0 aliphatic rings. The van der Waals surface area contributed by atoms with Crippen LogP contribution in [0.15, 0.2) is 30.3 Å². The van der Waals surface area contributed by atoms with Gasteiger partial charge >= 0.3 is 29.6 Å². The molecule has 4 heteroatoms. The van der Waals surface area contributed by atoms with Gasteiger partial charge in [0.15, 0.2) is 0 Å². The molecule has 2 nitrogen and oxygen atoms in total. The zero-order valence-electron chi connectivity index (χ0n) is 8.07. The first-order valence-electron chi connectivity index (χ1n) is 4.09. The summed E-state index contributed by atoms with van der Waals surface area (Å²) >= 11 is 5.96. The van der Waals surface area contributed by atoms with Crippen molar-refractivity contribution in [2.45, 2.75) is 18.2 Å². The summed E-state index contributed by atoms with van der Waals surface area (Å²) in [6.07, 6.45) is 0.414. The van der Waals surface area contributed by atoms with Gasteiger partial charge in [0, 0.05) is 5.97 Å². The molecule has 70 valence electrons. The standard InChI is InChI=1S/C10H11ClO2.Na/c11-9(6-7-10(12)13)8-4-2-1-3-5-8;/h1-5,9H,6-7H2,(H,12,13);/q;+1/p-1. The van der Waals surface area contributed by atoms with Crippen molar-refractivity contribution in [2.75, 3.05) is 0 Å². The van der Waals surface area contributed by atoms with E-state index in [-0.39, 0.29) is 41.4 Å². The van der Waals surface area contributed by atoms with E-state index in [4.69, 9.17) is 11.6 Å². The summed E-state index contributed by atoms with van der Waals surface area (Å²) in [7, 11) is 0. The number of aliphatic carboxylic acids is 1. The van der Waals surface area contributed by atoms with E-state index in [9.17, 15) is 9.90 Å². The number of hydrogen-bond acceptors (Lipinski definition) is 2. The average molecular weight is 221 g/mol. The molecule has 1 aromatic rings. The quantitative estimate of drug-likeness (QED) is 0.458. The zero-order valence-corrected chi connectivity index (χ0v) is 10.8. The number of carbonyl (C=O) groups is 1. The molecule has 0 saturated heterocycles. The van der Waals surface area contributed by atoms with Crippen molar-refractivity contribution in [1.29, 1.82) is 0 Å². The van der Waals surface area contributed by atoms with Gasteiger partial charge in [-0.1, -0.05) is 30.3 Å². The zero-order chi connectivity index (χ0) is 9.68. The number of carbonyl (C=O) groups excluding carboxylic acids is 1. The van der Waals surface area contributed by atoms with E-state index >= 15 is 0 Å². The molecular weight excluding hydrogens is 211 g/mol. The summed E-state index contributed by atoms with van der Waals surface area (Å²) in [6.45, 7) is 0. The molecule has 0 bridgehead atoms. The molecule has 0 N–H and O–H groups in total. The SMILES string of the molecule is O=C([O-])CCC(Cl)c1ccccc1.[Na+]. The predicted molar refractivity (Wildman–Crippen MR) is 49.3 cm³/mol. The first-order chi connectivity index (χ1) is 6.20. The van der Waals surface area contributed by atoms with Gasteiger partial charge in [0.1, 0.15) is 0 Å². The van der Waals surface area contributed by atoms with E-state index in [2.05, 4.69) is 0 Å². The fourth-order valence-corrected chi connectivity index (χ4v) is 1.33. The molecule has 0 fully saturated rings. The van der Waals surface area contributed by atoms with E-state index in [1.807, 2.05) is 30.3 Å². The summed E-state index contributed by atoms with van der Waals surface area (Å²) in [4.78, 5) is 10.2. The number of rotatable bonds is 4. The molecule has 0 amide bonds. The Morgan fingerprint density at radius 3 is 2.43 bits per heavy atom. The number of carboxylic acids is 1. The average Bonchev–Trinajstić information content (AvgIpc) is 2.15. The van der Waals surface area contributed by atoms with Crippen LogP contribution in [0.4, 0.5) is 0 Å². The summed E-state index contributed by atoms with van der Waals surface area (Å²) in [5, 5.41) is 9.93. The molecule has 0 saturated carbocycles. The van der Waals surface area contributed by atoms with E-state index in [1.54, 1.807) is 0 Å². The van der Waals surface area contributed by atoms with Crippen LogP contribution in [0.5, 0.6) is 0 Å². The fourth-order valence-electron chi connectivity index (χ4n) is 1.07. The first-order valence-corrected chi connectivity index (χ1v) is 4.52. The van der Waals surface area contributed by atoms with Crippen LogP contribution in [-0.2, 0) is 4.79 Å². The Kier molecular flexibility index (Phi) is 7.28. The smallest absolute Gasteiger partial charge is 0.550 e. The van der Waals surface area contributed by atoms with Gasteiger partial charge in [0.2, 0.25) is 0 Å². The summed E-state index contributed by atoms with van der Waals surface area (Å²) in [6, 6.07) is 9.42. The van der Waals surface area contributed by atoms with Gasteiger partial charge in [0.05, 0.1) is 5.38 Å². The van der Waals surface area contributed by atoms with Crippen molar-refractivity contribution >= 4 is 17.6 Å². The molecule has 0 aliphatic heterocycles. The largest absolute Gasteiger partial charge is 1.00 e. The van der Waals surface area contributed by atoms with Gasteiger partial charge in [-0.05, 0) is 18.4 Å². The molecule has 0 spiro atoms. The van der Waals surface area contributed by atoms with Gasteiger partial charge in [0.25, 0.3) is 0 Å². The van der Waals surface area contributed by atoms with E-state index in [1.165, 1.54) is 0 Å². The molecule has 0 radical (unpaired) electrons. The molecule has 1 rings (SSSR count). The molecule has 0 aromatic heterocycles. The second-order valence-corrected chi connectivity index (χ2v) is 3.32. The van der Waals surface area contributed by atoms with E-state index in [0.29, 0.717) is 6.42 Å². The molecule has 0 aliphatic carbocycles. The van der Waals surface area contributed by atoms with Crippen LogP contribution < -0.4 is 34.7 Å². The minimum Gasteiger partial charge on any atom is -0.550 e. The number of benzene rings is 1. The molecule has 0 heterocycles. The third-order valence-electron chi connectivity index (χ3n) is 1.76. The number of halogens is 1. The second kappa shape index (κ2) is 7.30. The van der Waals surface area contributed by atoms with Crippen LogP contribution >= 0.6 is 11.6 Å². The van der Waals surface area contributed by atoms with Crippen molar-refractivity contribution in [3.8, 4) is 0 Å². The Bertz CT molecular complexity index is 277. The van der Waals surface area contributed by atoms with E-state index < -0.39 is 5.97 Å². The molecule has 1 atom stereocenters. The third kappa shape index (κ3) is 5.01. The van der Waals surface area contributed by atoms with Crippen LogP contribution in [0.2, 0.25) is 0 Å². The van der Waals surface area contributed by atoms with Crippen LogP contribution in [0.3, 0.4) is 0 Å². The minimum atomic E-state index is -1.05.